The van der Waals surface area contributed by atoms with Crippen molar-refractivity contribution in [1.29, 1.82) is 0 Å². The van der Waals surface area contributed by atoms with Gasteiger partial charge in [-0.1, -0.05) is 69.7 Å². The summed E-state index contributed by atoms with van der Waals surface area (Å²) in [5, 5.41) is 12.6. The van der Waals surface area contributed by atoms with E-state index in [1.165, 1.54) is 19.9 Å². The molecule has 1 aromatic carbocycles. The van der Waals surface area contributed by atoms with Gasteiger partial charge in [0, 0.05) is 59.8 Å². The number of aliphatic hydroxyl groups is 1. The summed E-state index contributed by atoms with van der Waals surface area (Å²) in [4.78, 5) is 38.8. The molecule has 0 unspecified atom stereocenters. The lowest BCUT2D eigenvalue weighted by atomic mass is 9.36. The van der Waals surface area contributed by atoms with Crippen molar-refractivity contribution in [3.05, 3.63) is 77.8 Å². The summed E-state index contributed by atoms with van der Waals surface area (Å²) in [6.45, 7) is 11.6. The number of fused-ring (bicyclic) bond motifs is 4. The first-order valence-corrected chi connectivity index (χ1v) is 17.1. The Hall–Kier alpha value is -3.69. The molecule has 0 bridgehead atoms. The normalized spacial score (nSPS) is 42.7. The number of carbonyl (C=O) groups excluding carboxylic acids is 3. The fraction of sp³-hybridized carbons (Fsp3) is 0.564. The van der Waals surface area contributed by atoms with E-state index in [-0.39, 0.29) is 36.8 Å². The van der Waals surface area contributed by atoms with E-state index >= 15 is 0 Å². The largest absolute Gasteiger partial charge is 0.472 e. The fourth-order valence-electron chi connectivity index (χ4n) is 11.2. The average Bonchev–Trinajstić information content (AvgIpc) is 3.78. The Morgan fingerprint density at radius 1 is 0.896 bits per heavy atom. The van der Waals surface area contributed by atoms with E-state index in [2.05, 4.69) is 33.8 Å². The van der Waals surface area contributed by atoms with Gasteiger partial charge < -0.3 is 28.5 Å². The molecule has 1 aromatic heterocycles. The third-order valence-electron chi connectivity index (χ3n) is 13.1. The van der Waals surface area contributed by atoms with Crippen molar-refractivity contribution < 1.29 is 42.9 Å². The SMILES string of the molecule is CC(=O)O[C@H]1C[C@H]2[C@](C)(C3=CC[C@@H](c4ccoc4)[C@@]31C)[C@H](O)[C@@H]1OC[C@]3(C)[C@H](OC(C)=O)C[C@H](OC(=O)C=Cc4ccccc4)[C@@]2(C)[C@@H]13. The maximum atomic E-state index is 13.6. The molecule has 2 heterocycles. The number of hydrogen-bond donors (Lipinski definition) is 1. The van der Waals surface area contributed by atoms with Gasteiger partial charge in [-0.3, -0.25) is 9.59 Å². The molecule has 4 aliphatic carbocycles. The van der Waals surface area contributed by atoms with Gasteiger partial charge in [-0.05, 0) is 42.0 Å². The van der Waals surface area contributed by atoms with Gasteiger partial charge in [0.2, 0.25) is 0 Å². The quantitative estimate of drug-likeness (QED) is 0.172. The summed E-state index contributed by atoms with van der Waals surface area (Å²) in [5.74, 6) is -1.95. The highest BCUT2D eigenvalue weighted by molar-refractivity contribution is 5.87. The molecular formula is C39H46O9. The van der Waals surface area contributed by atoms with Crippen LogP contribution in [0.3, 0.4) is 0 Å². The summed E-state index contributed by atoms with van der Waals surface area (Å²) in [6.07, 6.45) is 6.86. The number of hydrogen-bond acceptors (Lipinski definition) is 9. The Kier molecular flexibility index (Phi) is 7.83. The van der Waals surface area contributed by atoms with Gasteiger partial charge in [0.05, 0.1) is 31.3 Å². The molecule has 48 heavy (non-hydrogen) atoms. The standard InChI is InChI=1S/C39H46O9/c1-22(40)46-29-19-31(48-32(42)15-12-24-10-8-7-9-11-24)39(6)28-18-30(47-23(2)41)37(4)26(25-16-17-44-20-25)13-14-27(37)38(28,5)35(43)33-34(39)36(29,3)21-45-33/h7-12,14-17,20,26,28-31,33-35,43H,13,18-19,21H2,1-6H3/t26-,28-,29+,30-,31-,33+,34-,35+,36+,37-,38-,39-/m0/s1. The van der Waals surface area contributed by atoms with Gasteiger partial charge in [0.25, 0.3) is 0 Å². The Bertz CT molecular complexity index is 1650. The second-order valence-electron chi connectivity index (χ2n) is 15.5. The topological polar surface area (TPSA) is 122 Å². The van der Waals surface area contributed by atoms with E-state index in [0.29, 0.717) is 12.8 Å². The van der Waals surface area contributed by atoms with Crippen LogP contribution in [-0.2, 0) is 33.3 Å². The van der Waals surface area contributed by atoms with Crippen LogP contribution in [0.5, 0.6) is 0 Å². The lowest BCUT2D eigenvalue weighted by Gasteiger charge is -2.70. The van der Waals surface area contributed by atoms with Crippen molar-refractivity contribution in [2.45, 2.75) is 97.2 Å². The number of furan rings is 1. The van der Waals surface area contributed by atoms with Crippen molar-refractivity contribution in [2.24, 2.45) is 33.5 Å². The number of aliphatic hydroxyl groups excluding tert-OH is 1. The Balaban J connectivity index is 1.35. The van der Waals surface area contributed by atoms with Crippen molar-refractivity contribution in [3.63, 3.8) is 0 Å². The second-order valence-corrected chi connectivity index (χ2v) is 15.5. The summed E-state index contributed by atoms with van der Waals surface area (Å²) in [7, 11) is 0. The molecule has 7 rings (SSSR count). The van der Waals surface area contributed by atoms with Gasteiger partial charge >= 0.3 is 17.9 Å². The van der Waals surface area contributed by atoms with Crippen LogP contribution in [0, 0.1) is 33.5 Å². The van der Waals surface area contributed by atoms with E-state index < -0.39 is 64.1 Å². The molecule has 256 valence electrons. The minimum atomic E-state index is -0.917. The minimum absolute atomic E-state index is 0.0303. The molecule has 2 aromatic rings. The van der Waals surface area contributed by atoms with Crippen LogP contribution in [0.25, 0.3) is 6.08 Å². The van der Waals surface area contributed by atoms with Gasteiger partial charge in [-0.15, -0.1) is 0 Å². The number of carbonyl (C=O) groups is 3. The summed E-state index contributed by atoms with van der Waals surface area (Å²) in [6, 6.07) is 11.5. The third-order valence-corrected chi connectivity index (χ3v) is 13.1. The first-order chi connectivity index (χ1) is 22.7. The molecule has 0 spiro atoms. The Labute approximate surface area is 281 Å². The Morgan fingerprint density at radius 3 is 2.27 bits per heavy atom. The predicted molar refractivity (Wildman–Crippen MR) is 175 cm³/mol. The minimum Gasteiger partial charge on any atom is -0.472 e. The third kappa shape index (κ3) is 4.60. The zero-order chi connectivity index (χ0) is 34.2. The van der Waals surface area contributed by atoms with Crippen LogP contribution >= 0.6 is 0 Å². The zero-order valence-electron chi connectivity index (χ0n) is 28.5. The van der Waals surface area contributed by atoms with Crippen LogP contribution in [-0.4, -0.2) is 60.1 Å². The maximum absolute atomic E-state index is 13.6. The molecule has 12 atom stereocenters. The van der Waals surface area contributed by atoms with Crippen LogP contribution in [0.15, 0.2) is 71.1 Å². The highest BCUT2D eigenvalue weighted by Crippen LogP contribution is 2.75. The molecule has 3 saturated carbocycles. The van der Waals surface area contributed by atoms with Crippen molar-refractivity contribution in [2.75, 3.05) is 6.61 Å². The van der Waals surface area contributed by atoms with Gasteiger partial charge in [-0.25, -0.2) is 4.79 Å². The molecule has 9 nitrogen and oxygen atoms in total. The molecule has 1 saturated heterocycles. The predicted octanol–water partition coefficient (Wildman–Crippen LogP) is 6.02. The number of ether oxygens (including phenoxy) is 4. The summed E-state index contributed by atoms with van der Waals surface area (Å²) in [5.41, 5.74) is 0.0482. The van der Waals surface area contributed by atoms with E-state index in [9.17, 15) is 19.5 Å². The maximum Gasteiger partial charge on any atom is 0.331 e. The smallest absolute Gasteiger partial charge is 0.331 e. The number of allylic oxidation sites excluding steroid dienone is 1. The lowest BCUT2D eigenvalue weighted by molar-refractivity contribution is -0.270. The second kappa shape index (κ2) is 11.4. The van der Waals surface area contributed by atoms with Gasteiger partial charge in [0.15, 0.2) is 0 Å². The lowest BCUT2D eigenvalue weighted by Crippen LogP contribution is -2.74. The first-order valence-electron chi connectivity index (χ1n) is 17.1. The monoisotopic (exact) mass is 658 g/mol. The van der Waals surface area contributed by atoms with Gasteiger partial charge in [-0.2, -0.15) is 0 Å². The molecule has 0 amide bonds. The van der Waals surface area contributed by atoms with E-state index in [1.54, 1.807) is 18.6 Å². The van der Waals surface area contributed by atoms with E-state index in [0.717, 1.165) is 16.7 Å². The molecule has 0 radical (unpaired) electrons. The first kappa shape index (κ1) is 32.8. The highest BCUT2D eigenvalue weighted by atomic mass is 16.6. The van der Waals surface area contributed by atoms with Crippen molar-refractivity contribution in [3.8, 4) is 0 Å². The molecule has 1 aliphatic heterocycles. The number of rotatable bonds is 6. The Morgan fingerprint density at radius 2 is 1.60 bits per heavy atom. The zero-order valence-corrected chi connectivity index (χ0v) is 28.5. The molecule has 9 heteroatoms. The molecule has 5 aliphatic rings. The van der Waals surface area contributed by atoms with Crippen LogP contribution < -0.4 is 0 Å². The van der Waals surface area contributed by atoms with Gasteiger partial charge in [0.1, 0.15) is 18.3 Å². The van der Waals surface area contributed by atoms with Crippen LogP contribution in [0.2, 0.25) is 0 Å². The molecular weight excluding hydrogens is 612 g/mol. The van der Waals surface area contributed by atoms with E-state index in [1.807, 2.05) is 36.4 Å². The average molecular weight is 659 g/mol. The summed E-state index contributed by atoms with van der Waals surface area (Å²) < 4.78 is 30.7. The number of benzene rings is 1. The van der Waals surface area contributed by atoms with E-state index in [4.69, 9.17) is 23.4 Å². The summed E-state index contributed by atoms with van der Waals surface area (Å²) >= 11 is 0. The highest BCUT2D eigenvalue weighted by Gasteiger charge is 2.78. The number of esters is 3. The fourth-order valence-corrected chi connectivity index (χ4v) is 11.2. The molecule has 4 fully saturated rings. The van der Waals surface area contributed by atoms with Crippen LogP contribution in [0.4, 0.5) is 0 Å². The van der Waals surface area contributed by atoms with Crippen LogP contribution in [0.1, 0.15) is 77.8 Å². The molecule has 1 N–H and O–H groups in total. The van der Waals surface area contributed by atoms with Crippen molar-refractivity contribution >= 4 is 24.0 Å². The van der Waals surface area contributed by atoms with Crippen molar-refractivity contribution in [1.82, 2.24) is 0 Å².